The molecule has 6 heteroatoms. The lowest BCUT2D eigenvalue weighted by Crippen LogP contribution is -2.35. The molecule has 1 aliphatic rings. The van der Waals surface area contributed by atoms with Crippen molar-refractivity contribution in [1.82, 2.24) is 4.90 Å². The van der Waals surface area contributed by atoms with E-state index < -0.39 is 25.0 Å². The summed E-state index contributed by atoms with van der Waals surface area (Å²) in [5.41, 5.74) is 0.947. The molecule has 1 N–H and O–H groups in total. The zero-order valence-electron chi connectivity index (χ0n) is 11.0. The fraction of sp³-hybridized carbons (Fsp3) is 0.500. The van der Waals surface area contributed by atoms with Crippen LogP contribution < -0.4 is 4.74 Å². The van der Waals surface area contributed by atoms with Crippen molar-refractivity contribution in [3.8, 4) is 5.75 Å². The molecule has 1 atom stereocenters. The first-order valence-corrected chi connectivity index (χ1v) is 6.53. The minimum atomic E-state index is -2.49. The van der Waals surface area contributed by atoms with Crippen molar-refractivity contribution in [1.29, 1.82) is 0 Å². The van der Waals surface area contributed by atoms with E-state index in [1.807, 2.05) is 4.90 Å². The Labute approximate surface area is 116 Å². The van der Waals surface area contributed by atoms with Gasteiger partial charge < -0.3 is 9.84 Å². The quantitative estimate of drug-likeness (QED) is 0.872. The summed E-state index contributed by atoms with van der Waals surface area (Å²) in [7, 11) is 0. The van der Waals surface area contributed by atoms with Crippen LogP contribution in [0.3, 0.4) is 0 Å². The number of aliphatic carboxylic acids is 1. The Morgan fingerprint density at radius 3 is 2.70 bits per heavy atom. The molecular weight excluding hydrogens is 268 g/mol. The van der Waals surface area contributed by atoms with Crippen molar-refractivity contribution in [2.45, 2.75) is 31.9 Å². The number of carboxylic acids is 1. The van der Waals surface area contributed by atoms with E-state index in [-0.39, 0.29) is 0 Å². The minimum absolute atomic E-state index is 0.394. The van der Waals surface area contributed by atoms with Crippen LogP contribution in [0.25, 0.3) is 0 Å². The zero-order valence-corrected chi connectivity index (χ0v) is 11.0. The van der Waals surface area contributed by atoms with Gasteiger partial charge in [-0.15, -0.1) is 0 Å². The average molecular weight is 285 g/mol. The Morgan fingerprint density at radius 1 is 1.40 bits per heavy atom. The fourth-order valence-corrected chi connectivity index (χ4v) is 2.38. The topological polar surface area (TPSA) is 49.8 Å². The number of halogens is 2. The van der Waals surface area contributed by atoms with Crippen LogP contribution in [0.2, 0.25) is 0 Å². The maximum absolute atomic E-state index is 12.0. The second-order valence-corrected chi connectivity index (χ2v) is 4.81. The van der Waals surface area contributed by atoms with Crippen LogP contribution in [-0.4, -0.2) is 41.6 Å². The molecule has 1 aromatic rings. The summed E-state index contributed by atoms with van der Waals surface area (Å²) >= 11 is 0. The number of nitrogens with zero attached hydrogens (tertiary/aromatic N) is 1. The summed E-state index contributed by atoms with van der Waals surface area (Å²) in [6.45, 7) is 0.694. The third-order valence-corrected chi connectivity index (χ3v) is 3.33. The van der Waals surface area contributed by atoms with Gasteiger partial charge in [-0.05, 0) is 37.1 Å². The first-order valence-electron chi connectivity index (χ1n) is 6.53. The second-order valence-electron chi connectivity index (χ2n) is 4.81. The maximum atomic E-state index is 12.0. The summed E-state index contributed by atoms with van der Waals surface area (Å²) in [6, 6.07) is 6.38. The molecule has 0 radical (unpaired) electrons. The van der Waals surface area contributed by atoms with E-state index in [0.29, 0.717) is 18.7 Å². The number of alkyl halides is 2. The molecule has 0 spiro atoms. The number of benzene rings is 1. The number of rotatable bonds is 6. The summed E-state index contributed by atoms with van der Waals surface area (Å²) < 4.78 is 28.9. The summed E-state index contributed by atoms with van der Waals surface area (Å²) in [6.07, 6.45) is -0.937. The lowest BCUT2D eigenvalue weighted by Gasteiger charge is -2.21. The van der Waals surface area contributed by atoms with E-state index in [9.17, 15) is 13.6 Å². The molecule has 0 saturated carbocycles. The van der Waals surface area contributed by atoms with Crippen molar-refractivity contribution in [2.24, 2.45) is 0 Å². The molecule has 1 aromatic carbocycles. The van der Waals surface area contributed by atoms with Gasteiger partial charge in [0.1, 0.15) is 18.4 Å². The summed E-state index contributed by atoms with van der Waals surface area (Å²) in [4.78, 5) is 13.0. The number of carboxylic acid groups (broad SMARTS) is 1. The first-order chi connectivity index (χ1) is 9.56. The Morgan fingerprint density at radius 2 is 2.10 bits per heavy atom. The Kier molecular flexibility index (Phi) is 4.89. The third kappa shape index (κ3) is 3.90. The van der Waals surface area contributed by atoms with E-state index in [1.165, 1.54) is 0 Å². The highest BCUT2D eigenvalue weighted by molar-refractivity contribution is 5.73. The van der Waals surface area contributed by atoms with Crippen LogP contribution in [0.1, 0.15) is 18.4 Å². The highest BCUT2D eigenvalue weighted by Gasteiger charge is 2.30. The van der Waals surface area contributed by atoms with Gasteiger partial charge in [0.25, 0.3) is 6.43 Å². The summed E-state index contributed by atoms with van der Waals surface area (Å²) in [5, 5.41) is 9.10. The molecule has 1 saturated heterocycles. The summed E-state index contributed by atoms with van der Waals surface area (Å²) in [5.74, 6) is -0.398. The molecule has 0 aromatic heterocycles. The predicted molar refractivity (Wildman–Crippen MR) is 69.0 cm³/mol. The number of hydrogen-bond acceptors (Lipinski definition) is 3. The van der Waals surface area contributed by atoms with Gasteiger partial charge in [-0.1, -0.05) is 12.1 Å². The SMILES string of the molecule is O=C(O)[C@@H]1CCCN1Cc1ccc(OCC(F)F)cc1. The molecule has 1 aliphatic heterocycles. The standard InChI is InChI=1S/C14H17F2NO3/c15-13(16)9-20-11-5-3-10(4-6-11)8-17-7-1-2-12(17)14(18)19/h3-6,12-13H,1-2,7-9H2,(H,18,19)/t12-/m0/s1. The van der Waals surface area contributed by atoms with Crippen LogP contribution >= 0.6 is 0 Å². The largest absolute Gasteiger partial charge is 0.488 e. The molecule has 1 heterocycles. The van der Waals surface area contributed by atoms with Crippen LogP contribution in [0.15, 0.2) is 24.3 Å². The van der Waals surface area contributed by atoms with Crippen LogP contribution in [0.5, 0.6) is 5.75 Å². The van der Waals surface area contributed by atoms with Crippen LogP contribution in [0, 0.1) is 0 Å². The van der Waals surface area contributed by atoms with Crippen molar-refractivity contribution in [3.63, 3.8) is 0 Å². The fourth-order valence-electron chi connectivity index (χ4n) is 2.38. The lowest BCUT2D eigenvalue weighted by molar-refractivity contribution is -0.142. The lowest BCUT2D eigenvalue weighted by atomic mass is 10.2. The van der Waals surface area contributed by atoms with E-state index in [2.05, 4.69) is 0 Å². The molecule has 0 aliphatic carbocycles. The van der Waals surface area contributed by atoms with Gasteiger partial charge in [0.15, 0.2) is 0 Å². The molecular formula is C14H17F2NO3. The van der Waals surface area contributed by atoms with Gasteiger partial charge in [0, 0.05) is 6.54 Å². The van der Waals surface area contributed by atoms with Crippen LogP contribution in [-0.2, 0) is 11.3 Å². The number of carbonyl (C=O) groups is 1. The van der Waals surface area contributed by atoms with Crippen LogP contribution in [0.4, 0.5) is 8.78 Å². The molecule has 4 nitrogen and oxygen atoms in total. The monoisotopic (exact) mass is 285 g/mol. The van der Waals surface area contributed by atoms with Gasteiger partial charge in [-0.3, -0.25) is 9.69 Å². The van der Waals surface area contributed by atoms with E-state index in [1.54, 1.807) is 24.3 Å². The van der Waals surface area contributed by atoms with Crippen molar-refractivity contribution >= 4 is 5.97 Å². The smallest absolute Gasteiger partial charge is 0.320 e. The van der Waals surface area contributed by atoms with E-state index in [4.69, 9.17) is 9.84 Å². The van der Waals surface area contributed by atoms with Gasteiger partial charge >= 0.3 is 5.97 Å². The minimum Gasteiger partial charge on any atom is -0.488 e. The molecule has 1 fully saturated rings. The van der Waals surface area contributed by atoms with Gasteiger partial charge in [-0.25, -0.2) is 8.78 Å². The van der Waals surface area contributed by atoms with Gasteiger partial charge in [0.05, 0.1) is 0 Å². The highest BCUT2D eigenvalue weighted by atomic mass is 19.3. The number of hydrogen-bond donors (Lipinski definition) is 1. The molecule has 0 unspecified atom stereocenters. The second kappa shape index (κ2) is 6.65. The predicted octanol–water partition coefficient (Wildman–Crippen LogP) is 2.38. The number of ether oxygens (including phenoxy) is 1. The Bertz CT molecular complexity index is 450. The Balaban J connectivity index is 1.91. The molecule has 0 bridgehead atoms. The van der Waals surface area contributed by atoms with E-state index in [0.717, 1.165) is 18.5 Å². The van der Waals surface area contributed by atoms with Crippen molar-refractivity contribution < 1.29 is 23.4 Å². The molecule has 20 heavy (non-hydrogen) atoms. The zero-order chi connectivity index (χ0) is 14.5. The van der Waals surface area contributed by atoms with E-state index >= 15 is 0 Å². The first kappa shape index (κ1) is 14.7. The highest BCUT2D eigenvalue weighted by Crippen LogP contribution is 2.21. The Hall–Kier alpha value is -1.69. The maximum Gasteiger partial charge on any atom is 0.320 e. The number of likely N-dealkylation sites (tertiary alicyclic amines) is 1. The van der Waals surface area contributed by atoms with Gasteiger partial charge in [0.2, 0.25) is 0 Å². The normalized spacial score (nSPS) is 19.4. The average Bonchev–Trinajstić information content (AvgIpc) is 2.86. The van der Waals surface area contributed by atoms with Gasteiger partial charge in [-0.2, -0.15) is 0 Å². The third-order valence-electron chi connectivity index (χ3n) is 3.33. The molecule has 0 amide bonds. The van der Waals surface area contributed by atoms with Crippen molar-refractivity contribution in [2.75, 3.05) is 13.2 Å². The molecule has 2 rings (SSSR count). The van der Waals surface area contributed by atoms with Crippen molar-refractivity contribution in [3.05, 3.63) is 29.8 Å². The molecule has 110 valence electrons.